The molecule has 0 heterocycles. The molecule has 0 saturated heterocycles. The summed E-state index contributed by atoms with van der Waals surface area (Å²) < 4.78 is 16.7. The molecule has 1 aromatic rings. The molecule has 0 aliphatic heterocycles. The van der Waals surface area contributed by atoms with E-state index in [1.807, 2.05) is 6.92 Å². The molecule has 0 aromatic heterocycles. The average molecular weight is 435 g/mol. The molecule has 0 radical (unpaired) electrons. The summed E-state index contributed by atoms with van der Waals surface area (Å²) in [4.78, 5) is 24.7. The number of rotatable bonds is 18. The van der Waals surface area contributed by atoms with Gasteiger partial charge in [-0.15, -0.1) is 0 Å². The van der Waals surface area contributed by atoms with Gasteiger partial charge in [0, 0.05) is 12.8 Å². The van der Waals surface area contributed by atoms with E-state index in [1.54, 1.807) is 18.2 Å². The lowest BCUT2D eigenvalue weighted by molar-refractivity contribution is -0.137. The van der Waals surface area contributed by atoms with Gasteiger partial charge in [-0.3, -0.25) is 9.59 Å². The Hall–Kier alpha value is -2.04. The Morgan fingerprint density at radius 2 is 1.13 bits per heavy atom. The molecule has 0 saturated carbocycles. The minimum absolute atomic E-state index is 0.205. The van der Waals surface area contributed by atoms with E-state index in [0.29, 0.717) is 25.2 Å². The number of hydrogen-bond donors (Lipinski definition) is 0. The highest BCUT2D eigenvalue weighted by atomic mass is 16.6. The van der Waals surface area contributed by atoms with Crippen LogP contribution in [0.5, 0.6) is 17.2 Å². The van der Waals surface area contributed by atoms with Crippen molar-refractivity contribution in [3.8, 4) is 17.2 Å². The van der Waals surface area contributed by atoms with E-state index >= 15 is 0 Å². The highest BCUT2D eigenvalue weighted by Gasteiger charge is 2.18. The van der Waals surface area contributed by atoms with Gasteiger partial charge in [0.05, 0.1) is 6.61 Å². The summed E-state index contributed by atoms with van der Waals surface area (Å²) >= 11 is 0. The standard InChI is InChI=1S/C26H42O5/c1-4-7-9-11-13-15-20-24(27)30-23-19-17-18-22(29-6-3)26(23)31-25(28)21-16-14-12-10-8-5-2/h17-19H,4-16,20-21H2,1-3H3. The molecule has 176 valence electrons. The molecule has 0 aliphatic rings. The Morgan fingerprint density at radius 3 is 1.68 bits per heavy atom. The molecule has 0 atom stereocenters. The lowest BCUT2D eigenvalue weighted by Gasteiger charge is -2.14. The Kier molecular flexibility index (Phi) is 15.3. The van der Waals surface area contributed by atoms with E-state index in [-0.39, 0.29) is 23.4 Å². The first-order valence-corrected chi connectivity index (χ1v) is 12.3. The van der Waals surface area contributed by atoms with Crippen LogP contribution in [0.25, 0.3) is 0 Å². The number of para-hydroxylation sites is 1. The molecule has 1 rings (SSSR count). The van der Waals surface area contributed by atoms with Gasteiger partial charge in [0.2, 0.25) is 5.75 Å². The van der Waals surface area contributed by atoms with Crippen LogP contribution < -0.4 is 14.2 Å². The first-order chi connectivity index (χ1) is 15.1. The van der Waals surface area contributed by atoms with Crippen molar-refractivity contribution in [1.29, 1.82) is 0 Å². The molecule has 0 aliphatic carbocycles. The van der Waals surface area contributed by atoms with Crippen LogP contribution in [0.1, 0.15) is 111 Å². The maximum atomic E-state index is 12.4. The first kappa shape index (κ1) is 27.0. The molecular weight excluding hydrogens is 392 g/mol. The van der Waals surface area contributed by atoms with E-state index in [1.165, 1.54) is 38.5 Å². The summed E-state index contributed by atoms with van der Waals surface area (Å²) in [7, 11) is 0. The third kappa shape index (κ3) is 12.4. The van der Waals surface area contributed by atoms with Crippen molar-refractivity contribution in [2.24, 2.45) is 0 Å². The van der Waals surface area contributed by atoms with Crippen LogP contribution in [0.15, 0.2) is 18.2 Å². The smallest absolute Gasteiger partial charge is 0.311 e. The third-order valence-electron chi connectivity index (χ3n) is 5.15. The second-order valence-corrected chi connectivity index (χ2v) is 8.00. The minimum atomic E-state index is -0.323. The largest absolute Gasteiger partial charge is 0.490 e. The van der Waals surface area contributed by atoms with Gasteiger partial charge in [-0.1, -0.05) is 84.1 Å². The zero-order valence-electron chi connectivity index (χ0n) is 19.9. The first-order valence-electron chi connectivity index (χ1n) is 12.3. The molecule has 0 spiro atoms. The molecular formula is C26H42O5. The number of hydrogen-bond acceptors (Lipinski definition) is 5. The molecule has 0 bridgehead atoms. The number of carbonyl (C=O) groups is 2. The van der Waals surface area contributed by atoms with Gasteiger partial charge < -0.3 is 14.2 Å². The molecule has 5 heteroatoms. The Bertz CT molecular complexity index is 626. The maximum absolute atomic E-state index is 12.4. The van der Waals surface area contributed by atoms with E-state index < -0.39 is 0 Å². The van der Waals surface area contributed by atoms with Gasteiger partial charge >= 0.3 is 11.9 Å². The number of unbranched alkanes of at least 4 members (excludes halogenated alkanes) is 10. The number of carbonyl (C=O) groups excluding carboxylic acids is 2. The van der Waals surface area contributed by atoms with Gasteiger partial charge in [-0.05, 0) is 31.9 Å². The Morgan fingerprint density at radius 1 is 0.645 bits per heavy atom. The fourth-order valence-corrected chi connectivity index (χ4v) is 3.38. The number of benzene rings is 1. The van der Waals surface area contributed by atoms with Gasteiger partial charge in [0.25, 0.3) is 0 Å². The second kappa shape index (κ2) is 17.6. The number of esters is 2. The fourth-order valence-electron chi connectivity index (χ4n) is 3.38. The molecule has 0 N–H and O–H groups in total. The van der Waals surface area contributed by atoms with E-state index in [4.69, 9.17) is 14.2 Å². The fraction of sp³-hybridized carbons (Fsp3) is 0.692. The van der Waals surface area contributed by atoms with E-state index in [2.05, 4.69) is 13.8 Å². The Balaban J connectivity index is 2.59. The average Bonchev–Trinajstić information content (AvgIpc) is 2.75. The zero-order chi connectivity index (χ0) is 22.7. The van der Waals surface area contributed by atoms with Crippen LogP contribution in [-0.4, -0.2) is 18.5 Å². The van der Waals surface area contributed by atoms with Crippen LogP contribution in [0, 0.1) is 0 Å². The highest BCUT2D eigenvalue weighted by molar-refractivity contribution is 5.77. The summed E-state index contributed by atoms with van der Waals surface area (Å²) in [6.07, 6.45) is 13.9. The van der Waals surface area contributed by atoms with Crippen LogP contribution in [0.2, 0.25) is 0 Å². The summed E-state index contributed by atoms with van der Waals surface area (Å²) in [5, 5.41) is 0. The predicted octanol–water partition coefficient (Wildman–Crippen LogP) is 7.40. The quantitative estimate of drug-likeness (QED) is 0.137. The molecule has 0 fully saturated rings. The zero-order valence-corrected chi connectivity index (χ0v) is 19.9. The van der Waals surface area contributed by atoms with Crippen molar-refractivity contribution < 1.29 is 23.8 Å². The molecule has 1 aromatic carbocycles. The Labute approximate surface area is 188 Å². The monoisotopic (exact) mass is 434 g/mol. The topological polar surface area (TPSA) is 61.8 Å². The van der Waals surface area contributed by atoms with Crippen molar-refractivity contribution in [2.75, 3.05) is 6.61 Å². The van der Waals surface area contributed by atoms with Crippen LogP contribution >= 0.6 is 0 Å². The predicted molar refractivity (Wildman–Crippen MR) is 125 cm³/mol. The molecule has 31 heavy (non-hydrogen) atoms. The van der Waals surface area contributed by atoms with Gasteiger partial charge in [0.15, 0.2) is 11.5 Å². The summed E-state index contributed by atoms with van der Waals surface area (Å²) in [5.41, 5.74) is 0. The summed E-state index contributed by atoms with van der Waals surface area (Å²) in [5.74, 6) is 0.242. The van der Waals surface area contributed by atoms with Crippen molar-refractivity contribution in [3.63, 3.8) is 0 Å². The molecule has 0 amide bonds. The normalized spacial score (nSPS) is 10.7. The van der Waals surface area contributed by atoms with Crippen molar-refractivity contribution in [1.82, 2.24) is 0 Å². The lowest BCUT2D eigenvalue weighted by atomic mass is 10.1. The van der Waals surface area contributed by atoms with Crippen molar-refractivity contribution >= 4 is 11.9 Å². The van der Waals surface area contributed by atoms with Gasteiger partial charge in [0.1, 0.15) is 0 Å². The van der Waals surface area contributed by atoms with Gasteiger partial charge in [-0.2, -0.15) is 0 Å². The van der Waals surface area contributed by atoms with Gasteiger partial charge in [-0.25, -0.2) is 0 Å². The van der Waals surface area contributed by atoms with E-state index in [9.17, 15) is 9.59 Å². The summed E-state index contributed by atoms with van der Waals surface area (Å²) in [6.45, 7) is 6.66. The lowest BCUT2D eigenvalue weighted by Crippen LogP contribution is -2.13. The second-order valence-electron chi connectivity index (χ2n) is 8.00. The van der Waals surface area contributed by atoms with Crippen LogP contribution in [0.3, 0.4) is 0 Å². The SMILES string of the molecule is CCCCCCCCC(=O)Oc1cccc(OCC)c1OC(=O)CCCCCCCC. The van der Waals surface area contributed by atoms with Crippen molar-refractivity contribution in [3.05, 3.63) is 18.2 Å². The minimum Gasteiger partial charge on any atom is -0.490 e. The molecule has 0 unspecified atom stereocenters. The third-order valence-corrected chi connectivity index (χ3v) is 5.15. The summed E-state index contributed by atoms with van der Waals surface area (Å²) in [6, 6.07) is 5.11. The number of ether oxygens (including phenoxy) is 3. The van der Waals surface area contributed by atoms with E-state index in [0.717, 1.165) is 38.5 Å². The highest BCUT2D eigenvalue weighted by Crippen LogP contribution is 2.38. The molecule has 5 nitrogen and oxygen atoms in total. The van der Waals surface area contributed by atoms with Crippen LogP contribution in [0.4, 0.5) is 0 Å². The van der Waals surface area contributed by atoms with Crippen LogP contribution in [-0.2, 0) is 9.59 Å². The maximum Gasteiger partial charge on any atom is 0.311 e. The van der Waals surface area contributed by atoms with Crippen molar-refractivity contribution in [2.45, 2.75) is 111 Å².